The van der Waals surface area contributed by atoms with Gasteiger partial charge in [0.1, 0.15) is 4.33 Å². The van der Waals surface area contributed by atoms with E-state index in [2.05, 4.69) is 0 Å². The first-order chi connectivity index (χ1) is 7.59. The van der Waals surface area contributed by atoms with Crippen molar-refractivity contribution < 1.29 is 4.79 Å². The molecule has 3 rings (SSSR count). The van der Waals surface area contributed by atoms with Gasteiger partial charge in [-0.15, -0.1) is 0 Å². The number of hydrogen-bond donors (Lipinski definition) is 0. The van der Waals surface area contributed by atoms with Crippen molar-refractivity contribution in [3.8, 4) is 0 Å². The molecule has 0 N–H and O–H groups in total. The summed E-state index contributed by atoms with van der Waals surface area (Å²) in [5.41, 5.74) is 1.74. The van der Waals surface area contributed by atoms with Crippen molar-refractivity contribution in [2.24, 2.45) is 0 Å². The molecule has 0 saturated heterocycles. The zero-order chi connectivity index (χ0) is 11.5. The maximum absolute atomic E-state index is 12.2. The predicted molar refractivity (Wildman–Crippen MR) is 64.1 cm³/mol. The van der Waals surface area contributed by atoms with Crippen LogP contribution in [0.1, 0.15) is 28.8 Å². The van der Waals surface area contributed by atoms with Gasteiger partial charge < -0.3 is 4.90 Å². The Bertz CT molecular complexity index is 472. The van der Waals surface area contributed by atoms with Gasteiger partial charge in [0.05, 0.1) is 6.04 Å². The molecule has 1 fully saturated rings. The van der Waals surface area contributed by atoms with Crippen LogP contribution >= 0.6 is 23.2 Å². The fourth-order valence-electron chi connectivity index (χ4n) is 2.66. The van der Waals surface area contributed by atoms with Crippen LogP contribution in [-0.2, 0) is 0 Å². The van der Waals surface area contributed by atoms with Gasteiger partial charge in [0.2, 0.25) is 0 Å². The molecule has 1 aromatic carbocycles. The molecule has 1 aliphatic heterocycles. The molecule has 84 valence electrons. The van der Waals surface area contributed by atoms with Crippen LogP contribution in [-0.4, -0.2) is 27.7 Å². The summed E-state index contributed by atoms with van der Waals surface area (Å²) in [6.45, 7) is 2.60. The summed E-state index contributed by atoms with van der Waals surface area (Å²) in [5, 5.41) is 0. The van der Waals surface area contributed by atoms with Gasteiger partial charge in [-0.05, 0) is 18.6 Å². The minimum Gasteiger partial charge on any atom is -0.332 e. The SMILES string of the molecule is CCN1C(=O)c2ccccc2C2C1C2(Cl)Cl. The van der Waals surface area contributed by atoms with Crippen molar-refractivity contribution in [3.63, 3.8) is 0 Å². The topological polar surface area (TPSA) is 20.3 Å². The van der Waals surface area contributed by atoms with Crippen LogP contribution in [0.15, 0.2) is 24.3 Å². The molecule has 0 bridgehead atoms. The molecule has 2 nitrogen and oxygen atoms in total. The van der Waals surface area contributed by atoms with Crippen molar-refractivity contribution in [1.29, 1.82) is 0 Å². The highest BCUT2D eigenvalue weighted by Gasteiger charge is 2.69. The van der Waals surface area contributed by atoms with Crippen molar-refractivity contribution in [2.45, 2.75) is 23.2 Å². The molecule has 1 heterocycles. The number of hydrogen-bond acceptors (Lipinski definition) is 1. The number of benzene rings is 1. The second kappa shape index (κ2) is 3.14. The Morgan fingerprint density at radius 3 is 2.75 bits per heavy atom. The highest BCUT2D eigenvalue weighted by atomic mass is 35.5. The van der Waals surface area contributed by atoms with Crippen LogP contribution in [0.2, 0.25) is 0 Å². The quantitative estimate of drug-likeness (QED) is 0.707. The zero-order valence-electron chi connectivity index (χ0n) is 8.78. The molecule has 2 aliphatic rings. The molecular weight excluding hydrogens is 245 g/mol. The van der Waals surface area contributed by atoms with Crippen molar-refractivity contribution >= 4 is 29.1 Å². The average Bonchev–Trinajstić information content (AvgIpc) is 2.83. The number of likely N-dealkylation sites (N-methyl/N-ethyl adjacent to an activating group) is 1. The van der Waals surface area contributed by atoms with E-state index >= 15 is 0 Å². The Labute approximate surface area is 104 Å². The smallest absolute Gasteiger partial charge is 0.254 e. The fourth-order valence-corrected chi connectivity index (χ4v) is 3.50. The van der Waals surface area contributed by atoms with E-state index < -0.39 is 4.33 Å². The van der Waals surface area contributed by atoms with E-state index in [1.807, 2.05) is 31.2 Å². The lowest BCUT2D eigenvalue weighted by Crippen LogP contribution is -2.38. The van der Waals surface area contributed by atoms with Gasteiger partial charge in [0, 0.05) is 18.0 Å². The zero-order valence-corrected chi connectivity index (χ0v) is 10.3. The largest absolute Gasteiger partial charge is 0.332 e. The molecule has 0 spiro atoms. The molecule has 0 aromatic heterocycles. The monoisotopic (exact) mass is 255 g/mol. The molecule has 16 heavy (non-hydrogen) atoms. The van der Waals surface area contributed by atoms with Gasteiger partial charge in [0.25, 0.3) is 5.91 Å². The molecule has 4 heteroatoms. The minimum absolute atomic E-state index is 0.0440. The van der Waals surface area contributed by atoms with E-state index in [1.165, 1.54) is 0 Å². The summed E-state index contributed by atoms with van der Waals surface area (Å²) < 4.78 is -0.807. The Hall–Kier alpha value is -0.730. The second-order valence-electron chi connectivity index (χ2n) is 4.28. The molecule has 2 atom stereocenters. The predicted octanol–water partition coefficient (Wildman–Crippen LogP) is 2.80. The third-order valence-electron chi connectivity index (χ3n) is 3.48. The molecule has 1 saturated carbocycles. The summed E-state index contributed by atoms with van der Waals surface area (Å²) >= 11 is 12.5. The second-order valence-corrected chi connectivity index (χ2v) is 5.72. The number of nitrogens with zero attached hydrogens (tertiary/aromatic N) is 1. The maximum Gasteiger partial charge on any atom is 0.254 e. The van der Waals surface area contributed by atoms with Gasteiger partial charge in [-0.25, -0.2) is 0 Å². The van der Waals surface area contributed by atoms with Crippen LogP contribution in [0.4, 0.5) is 0 Å². The van der Waals surface area contributed by atoms with E-state index in [0.717, 1.165) is 11.1 Å². The molecule has 1 aromatic rings. The summed E-state index contributed by atoms with van der Waals surface area (Å²) in [5.74, 6) is 0.118. The Balaban J connectivity index is 2.16. The summed E-state index contributed by atoms with van der Waals surface area (Å²) in [4.78, 5) is 14.0. The van der Waals surface area contributed by atoms with Gasteiger partial charge in [-0.1, -0.05) is 41.4 Å². The van der Waals surface area contributed by atoms with Crippen molar-refractivity contribution in [2.75, 3.05) is 6.54 Å². The Morgan fingerprint density at radius 2 is 2.06 bits per heavy atom. The molecule has 2 unspecified atom stereocenters. The summed E-state index contributed by atoms with van der Waals surface area (Å²) in [6, 6.07) is 7.54. The molecular formula is C12H11Cl2NO. The van der Waals surface area contributed by atoms with E-state index in [0.29, 0.717) is 6.54 Å². The molecule has 1 aliphatic carbocycles. The van der Waals surface area contributed by atoms with E-state index in [9.17, 15) is 4.79 Å². The highest BCUT2D eigenvalue weighted by Crippen LogP contribution is 2.64. The number of halogens is 2. The van der Waals surface area contributed by atoms with Crippen molar-refractivity contribution in [1.82, 2.24) is 4.90 Å². The summed E-state index contributed by atoms with van der Waals surface area (Å²) in [6.07, 6.45) is 0. The first kappa shape index (κ1) is 10.4. The number of rotatable bonds is 1. The normalized spacial score (nSPS) is 29.7. The fraction of sp³-hybridized carbons (Fsp3) is 0.417. The van der Waals surface area contributed by atoms with E-state index in [4.69, 9.17) is 23.2 Å². The van der Waals surface area contributed by atoms with Crippen LogP contribution in [0.5, 0.6) is 0 Å². The highest BCUT2D eigenvalue weighted by molar-refractivity contribution is 6.53. The van der Waals surface area contributed by atoms with Gasteiger partial charge in [0.15, 0.2) is 0 Å². The third-order valence-corrected chi connectivity index (χ3v) is 4.40. The number of alkyl halides is 2. The van der Waals surface area contributed by atoms with Gasteiger partial charge in [-0.2, -0.15) is 0 Å². The Kier molecular flexibility index (Phi) is 2.05. The van der Waals surface area contributed by atoms with E-state index in [1.54, 1.807) is 4.90 Å². The maximum atomic E-state index is 12.2. The van der Waals surface area contributed by atoms with Crippen LogP contribution < -0.4 is 0 Å². The number of carbonyl (C=O) groups excluding carboxylic acids is 1. The van der Waals surface area contributed by atoms with Crippen molar-refractivity contribution in [3.05, 3.63) is 35.4 Å². The number of carbonyl (C=O) groups is 1. The van der Waals surface area contributed by atoms with Crippen LogP contribution in [0.3, 0.4) is 0 Å². The first-order valence-electron chi connectivity index (χ1n) is 5.36. The number of amides is 1. The molecule has 0 radical (unpaired) electrons. The van der Waals surface area contributed by atoms with Crippen LogP contribution in [0.25, 0.3) is 0 Å². The minimum atomic E-state index is -0.807. The lowest BCUT2D eigenvalue weighted by molar-refractivity contribution is 0.0734. The standard InChI is InChI=1S/C12H11Cl2NO/c1-2-15-10-9(12(10,13)14)7-5-3-4-6-8(7)11(15)16/h3-6,9-10H,2H2,1H3. The summed E-state index contributed by atoms with van der Waals surface area (Å²) in [7, 11) is 0. The van der Waals surface area contributed by atoms with E-state index in [-0.39, 0.29) is 17.9 Å². The lowest BCUT2D eigenvalue weighted by Gasteiger charge is -2.26. The third kappa shape index (κ3) is 1.12. The molecule has 1 amide bonds. The van der Waals surface area contributed by atoms with Gasteiger partial charge in [-0.3, -0.25) is 4.79 Å². The average molecular weight is 256 g/mol. The van der Waals surface area contributed by atoms with Gasteiger partial charge >= 0.3 is 0 Å². The van der Waals surface area contributed by atoms with Crippen LogP contribution in [0, 0.1) is 0 Å². The lowest BCUT2D eigenvalue weighted by atomic mass is 9.98. The Morgan fingerprint density at radius 1 is 1.38 bits per heavy atom. The first-order valence-corrected chi connectivity index (χ1v) is 6.12. The number of fused-ring (bicyclic) bond motifs is 3.